The van der Waals surface area contributed by atoms with Gasteiger partial charge in [-0.25, -0.2) is 0 Å². The molecular weight excluding hydrogens is 222 g/mol. The molecule has 2 aliphatic rings. The average molecular weight is 247 g/mol. The fourth-order valence-electron chi connectivity index (χ4n) is 3.57. The van der Waals surface area contributed by atoms with Crippen molar-refractivity contribution in [2.75, 3.05) is 6.54 Å². The summed E-state index contributed by atoms with van der Waals surface area (Å²) < 4.78 is 2.23. The van der Waals surface area contributed by atoms with Crippen LogP contribution in [0.3, 0.4) is 0 Å². The molecule has 1 aliphatic carbocycles. The zero-order chi connectivity index (χ0) is 12.4. The van der Waals surface area contributed by atoms with Gasteiger partial charge in [-0.3, -0.25) is 4.68 Å². The maximum absolute atomic E-state index is 4.81. The van der Waals surface area contributed by atoms with Crippen molar-refractivity contribution in [1.82, 2.24) is 15.1 Å². The molecule has 2 heterocycles. The Hall–Kier alpha value is -0.830. The Morgan fingerprint density at radius 2 is 2.17 bits per heavy atom. The van der Waals surface area contributed by atoms with Crippen LogP contribution in [0.4, 0.5) is 0 Å². The molecule has 1 saturated heterocycles. The highest BCUT2D eigenvalue weighted by Crippen LogP contribution is 2.29. The average Bonchev–Trinajstić information content (AvgIpc) is 2.98. The number of rotatable bonds is 3. The Kier molecular flexibility index (Phi) is 3.69. The molecular formula is C15H25N3. The van der Waals surface area contributed by atoms with Crippen molar-refractivity contribution in [1.29, 1.82) is 0 Å². The summed E-state index contributed by atoms with van der Waals surface area (Å²) in [4.78, 5) is 0. The second-order valence-electron chi connectivity index (χ2n) is 6.18. The van der Waals surface area contributed by atoms with Crippen LogP contribution in [0.25, 0.3) is 0 Å². The van der Waals surface area contributed by atoms with Crippen LogP contribution in [-0.4, -0.2) is 22.4 Å². The molecule has 18 heavy (non-hydrogen) atoms. The molecule has 0 spiro atoms. The minimum Gasteiger partial charge on any atom is -0.314 e. The Morgan fingerprint density at radius 1 is 1.33 bits per heavy atom. The summed E-state index contributed by atoms with van der Waals surface area (Å²) in [6, 6.07) is 3.61. The summed E-state index contributed by atoms with van der Waals surface area (Å²) in [7, 11) is 0. The molecule has 1 aromatic heterocycles. The number of hydrogen-bond acceptors (Lipinski definition) is 2. The minimum absolute atomic E-state index is 0.681. The zero-order valence-corrected chi connectivity index (χ0v) is 11.4. The van der Waals surface area contributed by atoms with Gasteiger partial charge in [0, 0.05) is 12.2 Å². The van der Waals surface area contributed by atoms with Crippen molar-refractivity contribution < 1.29 is 0 Å². The lowest BCUT2D eigenvalue weighted by atomic mass is 9.89. The molecule has 2 fully saturated rings. The van der Waals surface area contributed by atoms with Gasteiger partial charge in [-0.15, -0.1) is 0 Å². The number of hydrogen-bond donors (Lipinski definition) is 1. The van der Waals surface area contributed by atoms with Crippen LogP contribution in [0.2, 0.25) is 0 Å². The Labute approximate surface area is 110 Å². The number of nitrogens with one attached hydrogen (secondary N) is 1. The summed E-state index contributed by atoms with van der Waals surface area (Å²) in [6.07, 6.45) is 11.4. The first-order valence-corrected chi connectivity index (χ1v) is 7.58. The van der Waals surface area contributed by atoms with E-state index in [1.165, 1.54) is 57.2 Å². The van der Waals surface area contributed by atoms with Gasteiger partial charge in [0.05, 0.1) is 11.7 Å². The van der Waals surface area contributed by atoms with Gasteiger partial charge in [-0.05, 0) is 57.6 Å². The Bertz CT molecular complexity index is 379. The number of nitrogens with zero attached hydrogens (tertiary/aromatic N) is 2. The van der Waals surface area contributed by atoms with E-state index in [9.17, 15) is 0 Å². The van der Waals surface area contributed by atoms with E-state index in [1.807, 2.05) is 0 Å². The van der Waals surface area contributed by atoms with Crippen molar-refractivity contribution >= 4 is 0 Å². The summed E-state index contributed by atoms with van der Waals surface area (Å²) in [5.74, 6) is 0.827. The molecule has 2 atom stereocenters. The predicted molar refractivity (Wildman–Crippen MR) is 73.6 cm³/mol. The molecule has 0 bridgehead atoms. The second kappa shape index (κ2) is 5.43. The summed E-state index contributed by atoms with van der Waals surface area (Å²) >= 11 is 0. The van der Waals surface area contributed by atoms with E-state index in [4.69, 9.17) is 5.10 Å². The second-order valence-corrected chi connectivity index (χ2v) is 6.18. The molecule has 3 nitrogen and oxygen atoms in total. The highest BCUT2D eigenvalue weighted by atomic mass is 15.3. The normalized spacial score (nSPS) is 29.8. The minimum atomic E-state index is 0.681. The molecule has 100 valence electrons. The molecule has 3 rings (SSSR count). The third-order valence-electron chi connectivity index (χ3n) is 4.59. The molecule has 2 unspecified atom stereocenters. The predicted octanol–water partition coefficient (Wildman–Crippen LogP) is 2.93. The van der Waals surface area contributed by atoms with Gasteiger partial charge in [0.2, 0.25) is 0 Å². The Balaban J connectivity index is 1.59. The topological polar surface area (TPSA) is 29.9 Å². The third-order valence-corrected chi connectivity index (χ3v) is 4.59. The van der Waals surface area contributed by atoms with Crippen molar-refractivity contribution in [3.8, 4) is 0 Å². The molecule has 0 radical (unpaired) electrons. The quantitative estimate of drug-likeness (QED) is 0.890. The van der Waals surface area contributed by atoms with Gasteiger partial charge < -0.3 is 5.32 Å². The van der Waals surface area contributed by atoms with Gasteiger partial charge in [-0.2, -0.15) is 5.10 Å². The van der Waals surface area contributed by atoms with Crippen LogP contribution in [0.1, 0.15) is 57.2 Å². The third kappa shape index (κ3) is 2.77. The fourth-order valence-corrected chi connectivity index (χ4v) is 3.57. The van der Waals surface area contributed by atoms with Gasteiger partial charge in [0.15, 0.2) is 0 Å². The van der Waals surface area contributed by atoms with Crippen LogP contribution in [0, 0.1) is 5.92 Å². The largest absolute Gasteiger partial charge is 0.314 e. The Morgan fingerprint density at radius 3 is 2.94 bits per heavy atom. The van der Waals surface area contributed by atoms with Crippen LogP contribution < -0.4 is 5.32 Å². The highest BCUT2D eigenvalue weighted by Gasteiger charge is 2.21. The van der Waals surface area contributed by atoms with Crippen molar-refractivity contribution in [2.45, 2.75) is 64.0 Å². The first-order valence-electron chi connectivity index (χ1n) is 7.58. The first-order chi connectivity index (χ1) is 8.81. The van der Waals surface area contributed by atoms with Gasteiger partial charge in [-0.1, -0.05) is 12.8 Å². The molecule has 1 aromatic rings. The standard InChI is InChI=1S/C15H25N3/c1-12-10-13(6-8-16-12)11-14-7-9-18(17-14)15-4-2-3-5-15/h7,9,12-13,15-16H,2-6,8,10-11H2,1H3. The number of aromatic nitrogens is 2. The smallest absolute Gasteiger partial charge is 0.0627 e. The molecule has 0 aromatic carbocycles. The monoisotopic (exact) mass is 247 g/mol. The van der Waals surface area contributed by atoms with Crippen molar-refractivity contribution in [3.63, 3.8) is 0 Å². The number of piperidine rings is 1. The van der Waals surface area contributed by atoms with E-state index in [0.29, 0.717) is 12.1 Å². The summed E-state index contributed by atoms with van der Waals surface area (Å²) in [5.41, 5.74) is 1.31. The van der Waals surface area contributed by atoms with E-state index >= 15 is 0 Å². The lowest BCUT2D eigenvalue weighted by Crippen LogP contribution is -2.36. The van der Waals surface area contributed by atoms with E-state index < -0.39 is 0 Å². The molecule has 1 aliphatic heterocycles. The van der Waals surface area contributed by atoms with Crippen LogP contribution in [0.15, 0.2) is 12.3 Å². The summed E-state index contributed by atoms with van der Waals surface area (Å²) in [6.45, 7) is 3.47. The van der Waals surface area contributed by atoms with Gasteiger partial charge in [0.1, 0.15) is 0 Å². The lowest BCUT2D eigenvalue weighted by molar-refractivity contribution is 0.311. The molecule has 0 amide bonds. The van der Waals surface area contributed by atoms with Gasteiger partial charge >= 0.3 is 0 Å². The summed E-state index contributed by atoms with van der Waals surface area (Å²) in [5, 5.41) is 8.33. The SMILES string of the molecule is CC1CC(Cc2ccn(C3CCCC3)n2)CCN1. The van der Waals surface area contributed by atoms with Crippen molar-refractivity contribution in [2.24, 2.45) is 5.92 Å². The maximum Gasteiger partial charge on any atom is 0.0627 e. The molecule has 1 saturated carbocycles. The van der Waals surface area contributed by atoms with E-state index in [2.05, 4.69) is 29.2 Å². The maximum atomic E-state index is 4.81. The first kappa shape index (κ1) is 12.2. The zero-order valence-electron chi connectivity index (χ0n) is 11.4. The highest BCUT2D eigenvalue weighted by molar-refractivity contribution is 5.02. The molecule has 3 heteroatoms. The van der Waals surface area contributed by atoms with Crippen LogP contribution in [-0.2, 0) is 6.42 Å². The van der Waals surface area contributed by atoms with Gasteiger partial charge in [0.25, 0.3) is 0 Å². The lowest BCUT2D eigenvalue weighted by Gasteiger charge is -2.27. The van der Waals surface area contributed by atoms with E-state index in [-0.39, 0.29) is 0 Å². The van der Waals surface area contributed by atoms with Crippen molar-refractivity contribution in [3.05, 3.63) is 18.0 Å². The van der Waals surface area contributed by atoms with Crippen LogP contribution in [0.5, 0.6) is 0 Å². The fraction of sp³-hybridized carbons (Fsp3) is 0.800. The van der Waals surface area contributed by atoms with Crippen LogP contribution >= 0.6 is 0 Å². The molecule has 1 N–H and O–H groups in total. The van der Waals surface area contributed by atoms with E-state index in [0.717, 1.165) is 5.92 Å². The van der Waals surface area contributed by atoms with E-state index in [1.54, 1.807) is 0 Å².